The molecule has 0 bridgehead atoms. The number of aryl methyl sites for hydroxylation is 2. The maximum Gasteiger partial charge on any atom is 0.337 e. The summed E-state index contributed by atoms with van der Waals surface area (Å²) in [5.74, 6) is -1.28. The monoisotopic (exact) mass is 586 g/mol. The van der Waals surface area contributed by atoms with Crippen molar-refractivity contribution < 1.29 is 19.4 Å². The van der Waals surface area contributed by atoms with E-state index in [0.717, 1.165) is 55.4 Å². The van der Waals surface area contributed by atoms with Gasteiger partial charge in [-0.2, -0.15) is 0 Å². The van der Waals surface area contributed by atoms with E-state index < -0.39 is 5.97 Å². The highest BCUT2D eigenvalue weighted by atomic mass is 16.5. The largest absolute Gasteiger partial charge is 0.478 e. The number of carboxylic acids is 1. The average Bonchev–Trinajstić information content (AvgIpc) is 3.01. The van der Waals surface area contributed by atoms with Gasteiger partial charge in [-0.05, 0) is 96.8 Å². The quantitative estimate of drug-likeness (QED) is 0.204. The summed E-state index contributed by atoms with van der Waals surface area (Å²) in [6.45, 7) is 4.04. The van der Waals surface area contributed by atoms with E-state index in [1.54, 1.807) is 24.4 Å². The Balaban J connectivity index is 0.000000197. The third kappa shape index (κ3) is 7.86. The van der Waals surface area contributed by atoms with Crippen LogP contribution in [0.4, 0.5) is 0 Å². The molecule has 0 aliphatic heterocycles. The number of hydrogen-bond acceptors (Lipinski definition) is 7. The number of aromatic nitrogens is 4. The molecule has 6 aromatic rings. The third-order valence-electron chi connectivity index (χ3n) is 6.84. The minimum atomic E-state index is -0.933. The van der Waals surface area contributed by atoms with Gasteiger partial charge in [0, 0.05) is 59.8 Å². The standard InChI is InChI=1S/C18H16N2O2.C17H14N2O2.CH4/c1-12-7-15-8-13(3-4-17(15)20-11-12)9-16-10-14(5-6-19-16)18(21)22-2;1-11-6-14-7-12(2-3-16(14)19-10-11)8-15-9-13(17(20)21)4-5-18-15;/h3-8,10-11H,9H2,1-2H3;2-7,9-10H,8H2,1H3,(H,20,21);1H4. The number of aromatic carboxylic acids is 1. The summed E-state index contributed by atoms with van der Waals surface area (Å²) in [4.78, 5) is 39.9. The number of rotatable bonds is 6. The average molecular weight is 587 g/mol. The molecule has 44 heavy (non-hydrogen) atoms. The number of fused-ring (bicyclic) bond motifs is 2. The Morgan fingerprint density at radius 3 is 1.61 bits per heavy atom. The van der Waals surface area contributed by atoms with Gasteiger partial charge < -0.3 is 9.84 Å². The smallest absolute Gasteiger partial charge is 0.337 e. The fourth-order valence-corrected chi connectivity index (χ4v) is 4.75. The van der Waals surface area contributed by atoms with Gasteiger partial charge in [-0.1, -0.05) is 19.6 Å². The zero-order chi connectivity index (χ0) is 30.3. The van der Waals surface area contributed by atoms with Crippen molar-refractivity contribution in [3.63, 3.8) is 0 Å². The molecule has 0 aliphatic carbocycles. The van der Waals surface area contributed by atoms with Crippen LogP contribution in [-0.2, 0) is 17.6 Å². The molecular weight excluding hydrogens is 552 g/mol. The van der Waals surface area contributed by atoms with Crippen molar-refractivity contribution in [2.75, 3.05) is 7.11 Å². The van der Waals surface area contributed by atoms with Crippen molar-refractivity contribution in [1.29, 1.82) is 0 Å². The molecule has 0 saturated heterocycles. The van der Waals surface area contributed by atoms with Crippen molar-refractivity contribution in [2.45, 2.75) is 34.1 Å². The molecule has 0 saturated carbocycles. The third-order valence-corrected chi connectivity index (χ3v) is 6.84. The molecule has 2 aromatic carbocycles. The fraction of sp³-hybridized carbons (Fsp3) is 0.167. The van der Waals surface area contributed by atoms with Gasteiger partial charge in [0.25, 0.3) is 0 Å². The van der Waals surface area contributed by atoms with Gasteiger partial charge in [-0.25, -0.2) is 9.59 Å². The van der Waals surface area contributed by atoms with E-state index in [0.29, 0.717) is 18.4 Å². The number of methoxy groups -OCH3 is 1. The van der Waals surface area contributed by atoms with E-state index in [2.05, 4.69) is 44.2 Å². The van der Waals surface area contributed by atoms with Gasteiger partial charge in [0.15, 0.2) is 0 Å². The molecule has 0 amide bonds. The Hall–Kier alpha value is -5.50. The second kappa shape index (κ2) is 14.1. The van der Waals surface area contributed by atoms with Crippen LogP contribution in [-0.4, -0.2) is 44.1 Å². The molecule has 6 rings (SSSR count). The number of carboxylic acid groups (broad SMARTS) is 1. The topological polar surface area (TPSA) is 115 Å². The Bertz CT molecular complexity index is 1960. The Labute approximate surface area is 256 Å². The van der Waals surface area contributed by atoms with Crippen molar-refractivity contribution >= 4 is 33.7 Å². The lowest BCUT2D eigenvalue weighted by Crippen LogP contribution is -2.03. The fourth-order valence-electron chi connectivity index (χ4n) is 4.75. The molecule has 222 valence electrons. The zero-order valence-corrected chi connectivity index (χ0v) is 24.1. The molecule has 4 aromatic heterocycles. The van der Waals surface area contributed by atoms with E-state index in [4.69, 9.17) is 9.84 Å². The highest BCUT2D eigenvalue weighted by Gasteiger charge is 2.08. The lowest BCUT2D eigenvalue weighted by Gasteiger charge is -2.05. The molecule has 8 heteroatoms. The van der Waals surface area contributed by atoms with Crippen molar-refractivity contribution in [2.24, 2.45) is 0 Å². The van der Waals surface area contributed by atoms with E-state index in [1.165, 1.54) is 19.4 Å². The highest BCUT2D eigenvalue weighted by molar-refractivity contribution is 5.89. The van der Waals surface area contributed by atoms with Gasteiger partial charge in [0.05, 0.1) is 29.3 Å². The molecule has 0 unspecified atom stereocenters. The Kier molecular flexibility index (Phi) is 10.1. The van der Waals surface area contributed by atoms with Crippen LogP contribution in [0, 0.1) is 13.8 Å². The minimum absolute atomic E-state index is 0. The number of carbonyl (C=O) groups is 2. The first-order valence-corrected chi connectivity index (χ1v) is 13.7. The van der Waals surface area contributed by atoms with Crippen LogP contribution in [0.3, 0.4) is 0 Å². The first-order chi connectivity index (χ1) is 20.8. The molecule has 0 fully saturated rings. The molecule has 0 spiro atoms. The molecular formula is C36H34N4O4. The Morgan fingerprint density at radius 1 is 0.659 bits per heavy atom. The summed E-state index contributed by atoms with van der Waals surface area (Å²) in [6, 6.07) is 23.0. The van der Waals surface area contributed by atoms with Gasteiger partial charge in [0.2, 0.25) is 0 Å². The van der Waals surface area contributed by atoms with Crippen LogP contribution in [0.25, 0.3) is 21.8 Å². The lowest BCUT2D eigenvalue weighted by molar-refractivity contribution is 0.0599. The van der Waals surface area contributed by atoms with Crippen LogP contribution < -0.4 is 0 Å². The number of ether oxygens (including phenoxy) is 1. The van der Waals surface area contributed by atoms with E-state index in [-0.39, 0.29) is 19.0 Å². The number of esters is 1. The van der Waals surface area contributed by atoms with E-state index >= 15 is 0 Å². The summed E-state index contributed by atoms with van der Waals surface area (Å²) < 4.78 is 4.74. The molecule has 0 radical (unpaired) electrons. The van der Waals surface area contributed by atoms with E-state index in [1.807, 2.05) is 50.5 Å². The van der Waals surface area contributed by atoms with Crippen LogP contribution in [0.15, 0.2) is 97.6 Å². The van der Waals surface area contributed by atoms with Gasteiger partial charge in [-0.15, -0.1) is 0 Å². The summed E-state index contributed by atoms with van der Waals surface area (Å²) in [6.07, 6.45) is 8.14. The maximum atomic E-state index is 11.6. The number of benzene rings is 2. The Morgan fingerprint density at radius 2 is 1.14 bits per heavy atom. The molecule has 4 heterocycles. The first kappa shape index (κ1) is 31.4. The SMILES string of the molecule is C.COC(=O)c1ccnc(Cc2ccc3ncc(C)cc3c2)c1.Cc1cnc2ccc(Cc3cc(C(=O)O)ccn3)cc2c1. The van der Waals surface area contributed by atoms with Crippen molar-refractivity contribution in [3.8, 4) is 0 Å². The molecule has 0 aliphatic rings. The molecule has 0 atom stereocenters. The van der Waals surface area contributed by atoms with Crippen molar-refractivity contribution in [3.05, 3.63) is 142 Å². The van der Waals surface area contributed by atoms with Crippen LogP contribution >= 0.6 is 0 Å². The van der Waals surface area contributed by atoms with Crippen LogP contribution in [0.5, 0.6) is 0 Å². The number of pyridine rings is 4. The maximum absolute atomic E-state index is 11.6. The predicted molar refractivity (Wildman–Crippen MR) is 172 cm³/mol. The predicted octanol–water partition coefficient (Wildman–Crippen LogP) is 7.18. The van der Waals surface area contributed by atoms with Crippen LogP contribution in [0.2, 0.25) is 0 Å². The van der Waals surface area contributed by atoms with Gasteiger partial charge >= 0.3 is 11.9 Å². The van der Waals surface area contributed by atoms with Gasteiger partial charge in [-0.3, -0.25) is 19.9 Å². The zero-order valence-electron chi connectivity index (χ0n) is 24.1. The summed E-state index contributed by atoms with van der Waals surface area (Å²) in [7, 11) is 1.38. The lowest BCUT2D eigenvalue weighted by atomic mass is 10.0. The summed E-state index contributed by atoms with van der Waals surface area (Å²) >= 11 is 0. The number of nitrogens with zero attached hydrogens (tertiary/aromatic N) is 4. The molecule has 8 nitrogen and oxygen atoms in total. The number of hydrogen-bond donors (Lipinski definition) is 1. The van der Waals surface area contributed by atoms with Crippen LogP contribution in [0.1, 0.15) is 61.8 Å². The second-order valence-corrected chi connectivity index (χ2v) is 10.3. The highest BCUT2D eigenvalue weighted by Crippen LogP contribution is 2.19. The second-order valence-electron chi connectivity index (χ2n) is 10.3. The first-order valence-electron chi connectivity index (χ1n) is 13.7. The normalized spacial score (nSPS) is 10.4. The summed E-state index contributed by atoms with van der Waals surface area (Å²) in [5.41, 5.74) is 8.77. The van der Waals surface area contributed by atoms with Gasteiger partial charge in [0.1, 0.15) is 0 Å². The summed E-state index contributed by atoms with van der Waals surface area (Å²) in [5, 5.41) is 11.2. The van der Waals surface area contributed by atoms with Crippen molar-refractivity contribution in [1.82, 2.24) is 19.9 Å². The molecule has 1 N–H and O–H groups in total. The van der Waals surface area contributed by atoms with E-state index in [9.17, 15) is 9.59 Å². The number of carbonyl (C=O) groups excluding carboxylic acids is 1. The minimum Gasteiger partial charge on any atom is -0.478 e.